The molecule has 6 heteroatoms. The predicted molar refractivity (Wildman–Crippen MR) is 99.1 cm³/mol. The molecule has 6 nitrogen and oxygen atoms in total. The average Bonchev–Trinajstić information content (AvgIpc) is 3.13. The molecule has 0 saturated carbocycles. The van der Waals surface area contributed by atoms with Crippen molar-refractivity contribution in [2.75, 3.05) is 26.7 Å². The minimum atomic E-state index is -0.306. The summed E-state index contributed by atoms with van der Waals surface area (Å²) < 4.78 is 0. The van der Waals surface area contributed by atoms with E-state index in [4.69, 9.17) is 0 Å². The number of likely N-dealkylation sites (tertiary alicyclic amines) is 1. The fourth-order valence-electron chi connectivity index (χ4n) is 2.81. The standard InChI is InChI=1S/C19H30N4O2/c1-15(2)22(3)14-17-9-5-4-8-16(17)12-20-19(25)21-13-18(24)23-10-6-7-11-23/h4-5,8-9,15H,6-7,10-14H2,1-3H3,(H2,20,21,25). The van der Waals surface area contributed by atoms with E-state index < -0.39 is 0 Å². The van der Waals surface area contributed by atoms with Gasteiger partial charge in [-0.1, -0.05) is 24.3 Å². The zero-order valence-corrected chi connectivity index (χ0v) is 15.5. The fourth-order valence-corrected chi connectivity index (χ4v) is 2.81. The highest BCUT2D eigenvalue weighted by Gasteiger charge is 2.18. The monoisotopic (exact) mass is 346 g/mol. The lowest BCUT2D eigenvalue weighted by molar-refractivity contribution is -0.128. The number of carbonyl (C=O) groups is 2. The number of rotatable bonds is 7. The highest BCUT2D eigenvalue weighted by atomic mass is 16.2. The first-order valence-corrected chi connectivity index (χ1v) is 9.04. The normalized spacial score (nSPS) is 14.2. The van der Waals surface area contributed by atoms with Crippen molar-refractivity contribution in [3.05, 3.63) is 35.4 Å². The quantitative estimate of drug-likeness (QED) is 0.793. The van der Waals surface area contributed by atoms with Gasteiger partial charge in [0.05, 0.1) is 6.54 Å². The molecule has 1 aromatic carbocycles. The van der Waals surface area contributed by atoms with Crippen LogP contribution in [0.2, 0.25) is 0 Å². The van der Waals surface area contributed by atoms with E-state index >= 15 is 0 Å². The number of amides is 3. The molecule has 138 valence electrons. The number of urea groups is 1. The minimum absolute atomic E-state index is 0.00777. The van der Waals surface area contributed by atoms with Crippen LogP contribution in [-0.2, 0) is 17.9 Å². The number of hydrogen-bond donors (Lipinski definition) is 2. The molecule has 0 aliphatic carbocycles. The Morgan fingerprint density at radius 1 is 1.12 bits per heavy atom. The van der Waals surface area contributed by atoms with Crippen LogP contribution in [0.3, 0.4) is 0 Å². The Labute approximate surface area is 150 Å². The van der Waals surface area contributed by atoms with E-state index in [9.17, 15) is 9.59 Å². The minimum Gasteiger partial charge on any atom is -0.341 e. The van der Waals surface area contributed by atoms with Crippen LogP contribution < -0.4 is 10.6 Å². The van der Waals surface area contributed by atoms with Gasteiger partial charge in [-0.3, -0.25) is 9.69 Å². The fraction of sp³-hybridized carbons (Fsp3) is 0.579. The second-order valence-electron chi connectivity index (χ2n) is 6.90. The number of carbonyl (C=O) groups excluding carboxylic acids is 2. The maximum Gasteiger partial charge on any atom is 0.315 e. The molecule has 1 saturated heterocycles. The zero-order chi connectivity index (χ0) is 18.2. The van der Waals surface area contributed by atoms with Crippen LogP contribution in [0, 0.1) is 0 Å². The molecule has 1 aromatic rings. The third-order valence-electron chi connectivity index (χ3n) is 4.72. The highest BCUT2D eigenvalue weighted by Crippen LogP contribution is 2.12. The van der Waals surface area contributed by atoms with Crippen LogP contribution in [0.1, 0.15) is 37.8 Å². The van der Waals surface area contributed by atoms with Crippen molar-refractivity contribution in [3.8, 4) is 0 Å². The molecule has 0 atom stereocenters. The van der Waals surface area contributed by atoms with Crippen molar-refractivity contribution in [2.45, 2.75) is 45.8 Å². The lowest BCUT2D eigenvalue weighted by atomic mass is 10.1. The van der Waals surface area contributed by atoms with E-state index in [-0.39, 0.29) is 18.5 Å². The van der Waals surface area contributed by atoms with Gasteiger partial charge in [-0.25, -0.2) is 4.79 Å². The van der Waals surface area contributed by atoms with Gasteiger partial charge in [0, 0.05) is 32.2 Å². The molecule has 1 aliphatic rings. The molecule has 0 aromatic heterocycles. The smallest absolute Gasteiger partial charge is 0.315 e. The number of nitrogens with one attached hydrogen (secondary N) is 2. The summed E-state index contributed by atoms with van der Waals surface area (Å²) in [6.07, 6.45) is 2.11. The number of hydrogen-bond acceptors (Lipinski definition) is 3. The maximum absolute atomic E-state index is 12.0. The topological polar surface area (TPSA) is 64.7 Å². The Kier molecular flexibility index (Phi) is 7.25. The van der Waals surface area contributed by atoms with Crippen LogP contribution in [0.4, 0.5) is 4.79 Å². The molecule has 2 N–H and O–H groups in total. The summed E-state index contributed by atoms with van der Waals surface area (Å²) in [6, 6.07) is 8.26. The Balaban J connectivity index is 1.80. The van der Waals surface area contributed by atoms with Crippen molar-refractivity contribution in [3.63, 3.8) is 0 Å². The molecule has 1 fully saturated rings. The Morgan fingerprint density at radius 2 is 1.76 bits per heavy atom. The molecule has 1 heterocycles. The molecule has 25 heavy (non-hydrogen) atoms. The molecule has 2 rings (SSSR count). The van der Waals surface area contributed by atoms with Crippen molar-refractivity contribution < 1.29 is 9.59 Å². The molecule has 0 radical (unpaired) electrons. The van der Waals surface area contributed by atoms with E-state index in [1.807, 2.05) is 18.2 Å². The molecule has 3 amide bonds. The van der Waals surface area contributed by atoms with Gasteiger partial charge in [-0.05, 0) is 44.9 Å². The SMILES string of the molecule is CC(C)N(C)Cc1ccccc1CNC(=O)NCC(=O)N1CCCC1. The summed E-state index contributed by atoms with van der Waals surface area (Å²) in [4.78, 5) is 28.0. The summed E-state index contributed by atoms with van der Waals surface area (Å²) >= 11 is 0. The lowest BCUT2D eigenvalue weighted by Crippen LogP contribution is -2.42. The van der Waals surface area contributed by atoms with Crippen LogP contribution in [0.15, 0.2) is 24.3 Å². The van der Waals surface area contributed by atoms with Crippen LogP contribution in [0.5, 0.6) is 0 Å². The summed E-state index contributed by atoms with van der Waals surface area (Å²) in [5.41, 5.74) is 2.29. The van der Waals surface area contributed by atoms with E-state index in [1.165, 1.54) is 5.56 Å². The first-order chi connectivity index (χ1) is 12.0. The van der Waals surface area contributed by atoms with Crippen LogP contribution >= 0.6 is 0 Å². The van der Waals surface area contributed by atoms with Gasteiger partial charge in [0.25, 0.3) is 0 Å². The molecular formula is C19H30N4O2. The van der Waals surface area contributed by atoms with Crippen molar-refractivity contribution in [1.82, 2.24) is 20.4 Å². The lowest BCUT2D eigenvalue weighted by Gasteiger charge is -2.22. The second-order valence-corrected chi connectivity index (χ2v) is 6.90. The highest BCUT2D eigenvalue weighted by molar-refractivity contribution is 5.84. The first-order valence-electron chi connectivity index (χ1n) is 9.04. The van der Waals surface area contributed by atoms with Crippen LogP contribution in [-0.4, -0.2) is 54.5 Å². The first kappa shape index (κ1) is 19.2. The molecular weight excluding hydrogens is 316 g/mol. The van der Waals surface area contributed by atoms with Gasteiger partial charge in [0.2, 0.25) is 5.91 Å². The average molecular weight is 346 g/mol. The number of benzene rings is 1. The Hall–Kier alpha value is -2.08. The summed E-state index contributed by atoms with van der Waals surface area (Å²) in [6.45, 7) is 7.27. The maximum atomic E-state index is 12.0. The second kappa shape index (κ2) is 9.42. The molecule has 1 aliphatic heterocycles. The van der Waals surface area contributed by atoms with E-state index in [2.05, 4.69) is 42.5 Å². The van der Waals surface area contributed by atoms with Crippen LogP contribution in [0.25, 0.3) is 0 Å². The van der Waals surface area contributed by atoms with Gasteiger partial charge in [0.1, 0.15) is 0 Å². The number of nitrogens with zero attached hydrogens (tertiary/aromatic N) is 2. The molecule has 0 spiro atoms. The molecule has 0 bridgehead atoms. The Bertz CT molecular complexity index is 583. The van der Waals surface area contributed by atoms with Gasteiger partial charge in [-0.2, -0.15) is 0 Å². The largest absolute Gasteiger partial charge is 0.341 e. The third kappa shape index (κ3) is 6.05. The van der Waals surface area contributed by atoms with Gasteiger partial charge in [-0.15, -0.1) is 0 Å². The summed E-state index contributed by atoms with van der Waals surface area (Å²) in [7, 11) is 2.09. The third-order valence-corrected chi connectivity index (χ3v) is 4.72. The van der Waals surface area contributed by atoms with E-state index in [1.54, 1.807) is 4.90 Å². The summed E-state index contributed by atoms with van der Waals surface area (Å²) in [5.74, 6) is -0.00777. The Morgan fingerprint density at radius 3 is 2.40 bits per heavy atom. The van der Waals surface area contributed by atoms with E-state index in [0.717, 1.165) is 38.0 Å². The summed E-state index contributed by atoms with van der Waals surface area (Å²) in [5, 5.41) is 5.50. The molecule has 0 unspecified atom stereocenters. The predicted octanol–water partition coefficient (Wildman–Crippen LogP) is 1.95. The van der Waals surface area contributed by atoms with Gasteiger partial charge < -0.3 is 15.5 Å². The van der Waals surface area contributed by atoms with E-state index in [0.29, 0.717) is 12.6 Å². The zero-order valence-electron chi connectivity index (χ0n) is 15.5. The van der Waals surface area contributed by atoms with Crippen molar-refractivity contribution >= 4 is 11.9 Å². The van der Waals surface area contributed by atoms with Gasteiger partial charge >= 0.3 is 6.03 Å². The van der Waals surface area contributed by atoms with Crippen molar-refractivity contribution in [2.24, 2.45) is 0 Å². The van der Waals surface area contributed by atoms with Gasteiger partial charge in [0.15, 0.2) is 0 Å². The van der Waals surface area contributed by atoms with Crippen molar-refractivity contribution in [1.29, 1.82) is 0 Å².